The van der Waals surface area contributed by atoms with Crippen molar-refractivity contribution in [2.24, 2.45) is 0 Å². The summed E-state index contributed by atoms with van der Waals surface area (Å²) >= 11 is 0. The van der Waals surface area contributed by atoms with Crippen molar-refractivity contribution in [3.63, 3.8) is 0 Å². The van der Waals surface area contributed by atoms with Crippen molar-refractivity contribution in [2.45, 2.75) is 6.54 Å². The number of benzene rings is 3. The van der Waals surface area contributed by atoms with E-state index in [1.807, 2.05) is 0 Å². The molecule has 0 fully saturated rings. The molecule has 1 amide bonds. The molecule has 0 unspecified atom stereocenters. The molecule has 12 heteroatoms. The van der Waals surface area contributed by atoms with Gasteiger partial charge in [0.15, 0.2) is 0 Å². The van der Waals surface area contributed by atoms with E-state index >= 15 is 0 Å². The summed E-state index contributed by atoms with van der Waals surface area (Å²) in [6.45, 7) is -0.209. The van der Waals surface area contributed by atoms with Crippen LogP contribution in [0.5, 0.6) is 5.75 Å². The quantitative estimate of drug-likeness (QED) is 0.405. The first kappa shape index (κ1) is 28.1. The Hall–Kier alpha value is -4.45. The first-order valence-corrected chi connectivity index (χ1v) is 12.8. The van der Waals surface area contributed by atoms with E-state index in [0.717, 1.165) is 22.7 Å². The van der Waals surface area contributed by atoms with E-state index in [4.69, 9.17) is 14.2 Å². The van der Waals surface area contributed by atoms with Crippen LogP contribution < -0.4 is 14.4 Å². The van der Waals surface area contributed by atoms with E-state index in [9.17, 15) is 27.2 Å². The number of sulfonamides is 1. The largest absolute Gasteiger partial charge is 0.496 e. The Morgan fingerprint density at radius 3 is 1.92 bits per heavy atom. The second-order valence-corrected chi connectivity index (χ2v) is 9.92. The van der Waals surface area contributed by atoms with Crippen LogP contribution in [0.2, 0.25) is 0 Å². The summed E-state index contributed by atoms with van der Waals surface area (Å²) in [7, 11) is -0.0494. The first-order valence-electron chi connectivity index (χ1n) is 11.0. The van der Waals surface area contributed by atoms with E-state index in [1.165, 1.54) is 69.9 Å². The maximum Gasteiger partial charge on any atom is 0.337 e. The molecule has 0 saturated heterocycles. The monoisotopic (exact) mass is 544 g/mol. The van der Waals surface area contributed by atoms with Crippen LogP contribution in [-0.2, 0) is 26.0 Å². The lowest BCUT2D eigenvalue weighted by Gasteiger charge is -2.24. The van der Waals surface area contributed by atoms with E-state index in [1.54, 1.807) is 0 Å². The highest BCUT2D eigenvalue weighted by molar-refractivity contribution is 7.92. The lowest BCUT2D eigenvalue weighted by atomic mass is 10.1. The van der Waals surface area contributed by atoms with Gasteiger partial charge >= 0.3 is 11.9 Å². The van der Waals surface area contributed by atoms with Gasteiger partial charge < -0.3 is 19.5 Å². The number of carbonyl (C=O) groups excluding carboxylic acids is 3. The number of carbonyl (C=O) groups is 3. The molecular weight excluding hydrogens is 519 g/mol. The zero-order chi connectivity index (χ0) is 28.0. The lowest BCUT2D eigenvalue weighted by molar-refractivity contribution is 0.0598. The second-order valence-electron chi connectivity index (χ2n) is 8.01. The van der Waals surface area contributed by atoms with Crippen molar-refractivity contribution >= 4 is 39.2 Å². The molecule has 3 aromatic carbocycles. The molecule has 0 saturated carbocycles. The van der Waals surface area contributed by atoms with Crippen LogP contribution in [0.1, 0.15) is 36.6 Å². The maximum absolute atomic E-state index is 13.4. The van der Waals surface area contributed by atoms with Crippen LogP contribution in [0.15, 0.2) is 60.7 Å². The van der Waals surface area contributed by atoms with Gasteiger partial charge in [-0.1, -0.05) is 0 Å². The van der Waals surface area contributed by atoms with Gasteiger partial charge in [-0.05, 0) is 60.7 Å². The molecule has 1 N–H and O–H groups in total. The molecule has 0 atom stereocenters. The van der Waals surface area contributed by atoms with Gasteiger partial charge in [0.05, 0.1) is 50.9 Å². The number of nitrogens with one attached hydrogen (secondary N) is 1. The van der Waals surface area contributed by atoms with Gasteiger partial charge in [0, 0.05) is 16.8 Å². The molecule has 0 aromatic heterocycles. The average Bonchev–Trinajstić information content (AvgIpc) is 2.90. The van der Waals surface area contributed by atoms with Gasteiger partial charge in [-0.2, -0.15) is 0 Å². The second kappa shape index (κ2) is 11.7. The third-order valence-corrected chi connectivity index (χ3v) is 6.55. The number of rotatable bonds is 9. The molecule has 0 aliphatic heterocycles. The van der Waals surface area contributed by atoms with E-state index < -0.39 is 33.7 Å². The minimum atomic E-state index is -3.80. The topological polar surface area (TPSA) is 128 Å². The van der Waals surface area contributed by atoms with E-state index in [-0.39, 0.29) is 34.6 Å². The van der Waals surface area contributed by atoms with Crippen molar-refractivity contribution in [1.29, 1.82) is 0 Å². The molecule has 0 heterocycles. The Kier molecular flexibility index (Phi) is 8.68. The fourth-order valence-electron chi connectivity index (χ4n) is 3.58. The zero-order valence-electron chi connectivity index (χ0n) is 21.0. The number of esters is 2. The number of ether oxygens (including phenoxy) is 3. The van der Waals surface area contributed by atoms with Gasteiger partial charge in [-0.25, -0.2) is 22.4 Å². The van der Waals surface area contributed by atoms with Crippen LogP contribution in [0.4, 0.5) is 15.8 Å². The Labute approximate surface area is 219 Å². The number of anilines is 2. The first-order chi connectivity index (χ1) is 18.0. The molecule has 0 radical (unpaired) electrons. The van der Waals surface area contributed by atoms with Crippen LogP contribution in [-0.4, -0.2) is 53.8 Å². The summed E-state index contributed by atoms with van der Waals surface area (Å²) < 4.78 is 54.3. The summed E-state index contributed by atoms with van der Waals surface area (Å²) in [5.74, 6) is -2.26. The Morgan fingerprint density at radius 1 is 0.842 bits per heavy atom. The lowest BCUT2D eigenvalue weighted by Crippen LogP contribution is -2.29. The number of nitrogens with zero attached hydrogens (tertiary/aromatic N) is 1. The number of hydrogen-bond acceptors (Lipinski definition) is 8. The van der Waals surface area contributed by atoms with Crippen LogP contribution in [0.3, 0.4) is 0 Å². The smallest absolute Gasteiger partial charge is 0.337 e. The average molecular weight is 545 g/mol. The normalized spacial score (nSPS) is 10.9. The number of amides is 1. The standard InChI is InChI=1S/C26H25FN2O8S/c1-35-23-10-5-16(11-19(23)15-29(38(4,33)34)22-8-6-20(27)7-9-22)24(30)28-21-13-17(25(31)36-2)12-18(14-21)26(32)37-3/h5-14H,15H2,1-4H3,(H,28,30). The highest BCUT2D eigenvalue weighted by Gasteiger charge is 2.22. The summed E-state index contributed by atoms with van der Waals surface area (Å²) in [6.07, 6.45) is 1.01. The van der Waals surface area contributed by atoms with E-state index in [0.29, 0.717) is 11.3 Å². The summed E-state index contributed by atoms with van der Waals surface area (Å²) in [4.78, 5) is 37.2. The molecule has 0 spiro atoms. The van der Waals surface area contributed by atoms with Gasteiger partial charge in [0.25, 0.3) is 5.91 Å². The highest BCUT2D eigenvalue weighted by atomic mass is 32.2. The minimum absolute atomic E-state index is 0.0178. The summed E-state index contributed by atoms with van der Waals surface area (Å²) in [6, 6.07) is 13.3. The summed E-state index contributed by atoms with van der Waals surface area (Å²) in [5, 5.41) is 2.61. The van der Waals surface area contributed by atoms with Crippen molar-refractivity contribution in [3.05, 3.63) is 88.7 Å². The summed E-state index contributed by atoms with van der Waals surface area (Å²) in [5.41, 5.74) is 0.874. The third kappa shape index (κ3) is 6.65. The maximum atomic E-state index is 13.4. The zero-order valence-corrected chi connectivity index (χ0v) is 21.8. The number of hydrogen-bond donors (Lipinski definition) is 1. The van der Waals surface area contributed by atoms with Crippen molar-refractivity contribution in [2.75, 3.05) is 37.2 Å². The molecule has 0 aliphatic carbocycles. The van der Waals surface area contributed by atoms with Crippen molar-refractivity contribution in [1.82, 2.24) is 0 Å². The number of methoxy groups -OCH3 is 3. The third-order valence-electron chi connectivity index (χ3n) is 5.40. The minimum Gasteiger partial charge on any atom is -0.496 e. The molecule has 0 bridgehead atoms. The van der Waals surface area contributed by atoms with Crippen molar-refractivity contribution in [3.8, 4) is 5.75 Å². The van der Waals surface area contributed by atoms with Crippen LogP contribution in [0, 0.1) is 5.82 Å². The van der Waals surface area contributed by atoms with Crippen LogP contribution >= 0.6 is 0 Å². The fraction of sp³-hybridized carbons (Fsp3) is 0.192. The fourth-order valence-corrected chi connectivity index (χ4v) is 4.46. The Bertz CT molecular complexity index is 1440. The van der Waals surface area contributed by atoms with Gasteiger partial charge in [0.2, 0.25) is 10.0 Å². The predicted molar refractivity (Wildman–Crippen MR) is 137 cm³/mol. The SMILES string of the molecule is COC(=O)c1cc(NC(=O)c2ccc(OC)c(CN(c3ccc(F)cc3)S(C)(=O)=O)c2)cc(C(=O)OC)c1. The molecular formula is C26H25FN2O8S. The molecule has 38 heavy (non-hydrogen) atoms. The molecule has 3 aromatic rings. The van der Waals surface area contributed by atoms with E-state index in [2.05, 4.69) is 5.32 Å². The van der Waals surface area contributed by atoms with Gasteiger partial charge in [0.1, 0.15) is 11.6 Å². The molecule has 200 valence electrons. The van der Waals surface area contributed by atoms with Crippen molar-refractivity contribution < 1.29 is 41.4 Å². The predicted octanol–water partition coefficient (Wildman–Crippen LogP) is 3.63. The molecule has 0 aliphatic rings. The molecule has 10 nitrogen and oxygen atoms in total. The molecule has 3 rings (SSSR count). The van der Waals surface area contributed by atoms with Gasteiger partial charge in [-0.15, -0.1) is 0 Å². The van der Waals surface area contributed by atoms with Crippen LogP contribution in [0.25, 0.3) is 0 Å². The Balaban J connectivity index is 1.97. The van der Waals surface area contributed by atoms with Gasteiger partial charge in [-0.3, -0.25) is 9.10 Å². The number of halogens is 1. The highest BCUT2D eigenvalue weighted by Crippen LogP contribution is 2.27. The Morgan fingerprint density at radius 2 is 1.42 bits per heavy atom.